The summed E-state index contributed by atoms with van der Waals surface area (Å²) in [5.74, 6) is 0. The zero-order valence-corrected chi connectivity index (χ0v) is 10.3. The first-order chi connectivity index (χ1) is 8.17. The molecule has 0 aromatic carbocycles. The minimum absolute atomic E-state index is 0.658. The molecule has 1 saturated heterocycles. The average Bonchev–Trinajstić information content (AvgIpc) is 2.30. The molecule has 0 atom stereocenters. The van der Waals surface area contributed by atoms with Crippen molar-refractivity contribution in [3.8, 4) is 0 Å². The molecule has 1 heterocycles. The molecule has 93 valence electrons. The fourth-order valence-corrected chi connectivity index (χ4v) is 1.78. The molecule has 1 aliphatic rings. The van der Waals surface area contributed by atoms with Gasteiger partial charge in [0.15, 0.2) is 0 Å². The maximum atomic E-state index is 9.03. The first kappa shape index (κ1) is 14.2. The van der Waals surface area contributed by atoms with Gasteiger partial charge in [0.05, 0.1) is 0 Å². The minimum atomic E-state index is -1.34. The maximum Gasteiger partial charge on any atom is 0.247 e. The number of hydrogen-bond acceptors (Lipinski definition) is 4. The van der Waals surface area contributed by atoms with Crippen LogP contribution in [-0.2, 0) is 0 Å². The SMILES string of the molecule is C=C/C=C([B]N1CCN(C(O)O)CC1)\C=C/C. The number of hydrogen-bond donors (Lipinski definition) is 2. The van der Waals surface area contributed by atoms with Crippen LogP contribution in [0.15, 0.2) is 36.4 Å². The predicted molar refractivity (Wildman–Crippen MR) is 70.2 cm³/mol. The summed E-state index contributed by atoms with van der Waals surface area (Å²) in [4.78, 5) is 3.81. The minimum Gasteiger partial charge on any atom is -0.356 e. The van der Waals surface area contributed by atoms with Crippen molar-refractivity contribution in [2.45, 2.75) is 13.3 Å². The largest absolute Gasteiger partial charge is 0.356 e. The van der Waals surface area contributed by atoms with Gasteiger partial charge in [-0.15, -0.1) is 0 Å². The third-order valence-corrected chi connectivity index (χ3v) is 2.68. The van der Waals surface area contributed by atoms with E-state index >= 15 is 0 Å². The molecular formula is C12H20BN2O2. The van der Waals surface area contributed by atoms with E-state index < -0.39 is 6.41 Å². The predicted octanol–water partition coefficient (Wildman–Crippen LogP) is 0.137. The number of aliphatic hydroxyl groups excluding tert-OH is 1. The van der Waals surface area contributed by atoms with Gasteiger partial charge in [-0.3, -0.25) is 4.90 Å². The molecule has 2 N–H and O–H groups in total. The second kappa shape index (κ2) is 7.45. The van der Waals surface area contributed by atoms with Crippen LogP contribution in [0.1, 0.15) is 6.92 Å². The molecule has 0 aromatic rings. The van der Waals surface area contributed by atoms with Crippen LogP contribution in [0.2, 0.25) is 0 Å². The lowest BCUT2D eigenvalue weighted by Gasteiger charge is -2.35. The summed E-state index contributed by atoms with van der Waals surface area (Å²) >= 11 is 0. The molecule has 0 spiro atoms. The van der Waals surface area contributed by atoms with Gasteiger partial charge in [-0.05, 0) is 6.92 Å². The molecule has 5 heteroatoms. The van der Waals surface area contributed by atoms with Gasteiger partial charge in [0.2, 0.25) is 13.8 Å². The van der Waals surface area contributed by atoms with Crippen LogP contribution < -0.4 is 0 Å². The molecule has 17 heavy (non-hydrogen) atoms. The zero-order chi connectivity index (χ0) is 12.7. The van der Waals surface area contributed by atoms with Crippen molar-refractivity contribution in [1.29, 1.82) is 0 Å². The summed E-state index contributed by atoms with van der Waals surface area (Å²) in [5, 5.41) is 18.1. The molecule has 1 aliphatic heterocycles. The number of rotatable bonds is 5. The topological polar surface area (TPSA) is 46.9 Å². The fraction of sp³-hybridized carbons (Fsp3) is 0.500. The van der Waals surface area contributed by atoms with Crippen LogP contribution in [0.4, 0.5) is 0 Å². The van der Waals surface area contributed by atoms with E-state index in [1.54, 1.807) is 11.0 Å². The molecule has 0 bridgehead atoms. The quantitative estimate of drug-likeness (QED) is 0.404. The van der Waals surface area contributed by atoms with E-state index in [0.29, 0.717) is 13.1 Å². The zero-order valence-electron chi connectivity index (χ0n) is 10.3. The molecule has 4 nitrogen and oxygen atoms in total. The number of aliphatic hydroxyl groups is 2. The van der Waals surface area contributed by atoms with Gasteiger partial charge >= 0.3 is 0 Å². The third-order valence-electron chi connectivity index (χ3n) is 2.68. The molecule has 0 amide bonds. The first-order valence-corrected chi connectivity index (χ1v) is 5.82. The lowest BCUT2D eigenvalue weighted by molar-refractivity contribution is -0.161. The van der Waals surface area contributed by atoms with Crippen molar-refractivity contribution in [2.75, 3.05) is 26.2 Å². The van der Waals surface area contributed by atoms with E-state index in [2.05, 4.69) is 18.8 Å². The van der Waals surface area contributed by atoms with E-state index in [-0.39, 0.29) is 0 Å². The summed E-state index contributed by atoms with van der Waals surface area (Å²) in [6.45, 7) is 8.57. The fourth-order valence-electron chi connectivity index (χ4n) is 1.78. The van der Waals surface area contributed by atoms with Crippen molar-refractivity contribution in [2.24, 2.45) is 0 Å². The van der Waals surface area contributed by atoms with E-state index in [1.165, 1.54) is 0 Å². The Kier molecular flexibility index (Phi) is 6.22. The Bertz CT molecular complexity index is 295. The highest BCUT2D eigenvalue weighted by atomic mass is 16.5. The second-order valence-corrected chi connectivity index (χ2v) is 3.95. The molecule has 0 aromatic heterocycles. The maximum absolute atomic E-state index is 9.03. The number of allylic oxidation sites excluding steroid dienone is 5. The Morgan fingerprint density at radius 1 is 1.29 bits per heavy atom. The van der Waals surface area contributed by atoms with Crippen LogP contribution in [0.5, 0.6) is 0 Å². The lowest BCUT2D eigenvalue weighted by Crippen LogP contribution is -2.51. The van der Waals surface area contributed by atoms with Crippen LogP contribution in [0, 0.1) is 0 Å². The summed E-state index contributed by atoms with van der Waals surface area (Å²) in [6.07, 6.45) is 6.39. The Morgan fingerprint density at radius 2 is 1.94 bits per heavy atom. The van der Waals surface area contributed by atoms with E-state index in [9.17, 15) is 0 Å². The van der Waals surface area contributed by atoms with Gasteiger partial charge < -0.3 is 15.0 Å². The number of piperazine rings is 1. The molecule has 1 rings (SSSR count). The molecule has 0 unspecified atom stereocenters. The molecular weight excluding hydrogens is 215 g/mol. The van der Waals surface area contributed by atoms with Crippen molar-refractivity contribution >= 4 is 7.41 Å². The molecule has 1 radical (unpaired) electrons. The summed E-state index contributed by atoms with van der Waals surface area (Å²) < 4.78 is 0. The van der Waals surface area contributed by atoms with Gasteiger partial charge in [0.25, 0.3) is 0 Å². The highest BCUT2D eigenvalue weighted by Crippen LogP contribution is 2.06. The van der Waals surface area contributed by atoms with Gasteiger partial charge in [-0.25, -0.2) is 0 Å². The Balaban J connectivity index is 2.44. The van der Waals surface area contributed by atoms with E-state index in [1.807, 2.05) is 25.2 Å². The van der Waals surface area contributed by atoms with E-state index in [0.717, 1.165) is 18.6 Å². The molecule has 0 aliphatic carbocycles. The Morgan fingerprint density at radius 3 is 2.41 bits per heavy atom. The highest BCUT2D eigenvalue weighted by Gasteiger charge is 2.21. The summed E-state index contributed by atoms with van der Waals surface area (Å²) in [5.41, 5.74) is 1.10. The normalized spacial score (nSPS) is 20.1. The van der Waals surface area contributed by atoms with Gasteiger partial charge in [0.1, 0.15) is 0 Å². The number of nitrogens with zero attached hydrogens (tertiary/aromatic N) is 2. The summed E-state index contributed by atoms with van der Waals surface area (Å²) in [6, 6.07) is 0. The van der Waals surface area contributed by atoms with Crippen molar-refractivity contribution in [3.05, 3.63) is 36.4 Å². The van der Waals surface area contributed by atoms with Crippen LogP contribution >= 0.6 is 0 Å². The third kappa shape index (κ3) is 4.87. The van der Waals surface area contributed by atoms with Gasteiger partial charge in [-0.2, -0.15) is 0 Å². The Labute approximate surface area is 104 Å². The van der Waals surface area contributed by atoms with Crippen molar-refractivity contribution in [3.63, 3.8) is 0 Å². The van der Waals surface area contributed by atoms with Crippen molar-refractivity contribution in [1.82, 2.24) is 9.71 Å². The summed E-state index contributed by atoms with van der Waals surface area (Å²) in [7, 11) is 2.07. The van der Waals surface area contributed by atoms with Crippen molar-refractivity contribution < 1.29 is 10.2 Å². The van der Waals surface area contributed by atoms with Gasteiger partial charge in [0, 0.05) is 26.2 Å². The van der Waals surface area contributed by atoms with Gasteiger partial charge in [-0.1, -0.05) is 36.4 Å². The standard InChI is InChI=1S/C12H20BN2O2/c1-3-5-11(6-4-2)13-15-9-7-14(8-10-15)12(16)17/h3-6,12,16-17H,1,7-10H2,2H3/b6-4-,11-5+. The second-order valence-electron chi connectivity index (χ2n) is 3.95. The van der Waals surface area contributed by atoms with E-state index in [4.69, 9.17) is 10.2 Å². The average molecular weight is 235 g/mol. The van der Waals surface area contributed by atoms with Crippen LogP contribution in [-0.4, -0.2) is 59.9 Å². The molecule has 0 saturated carbocycles. The smallest absolute Gasteiger partial charge is 0.247 e. The monoisotopic (exact) mass is 235 g/mol. The van der Waals surface area contributed by atoms with Crippen LogP contribution in [0.3, 0.4) is 0 Å². The highest BCUT2D eigenvalue weighted by molar-refractivity contribution is 6.43. The van der Waals surface area contributed by atoms with Crippen LogP contribution in [0.25, 0.3) is 0 Å². The first-order valence-electron chi connectivity index (χ1n) is 5.82. The molecule has 1 fully saturated rings. The Hall–Kier alpha value is -0.875. The lowest BCUT2D eigenvalue weighted by atomic mass is 9.78.